The Bertz CT molecular complexity index is 639. The summed E-state index contributed by atoms with van der Waals surface area (Å²) in [5.74, 6) is 1.05. The molecule has 30 heavy (non-hydrogen) atoms. The van der Waals surface area contributed by atoms with Crippen LogP contribution in [0.5, 0.6) is 0 Å². The molecule has 2 aliphatic carbocycles. The summed E-state index contributed by atoms with van der Waals surface area (Å²) in [5.41, 5.74) is 0. The first-order valence-corrected chi connectivity index (χ1v) is 12.3. The van der Waals surface area contributed by atoms with Crippen molar-refractivity contribution in [3.05, 3.63) is 0 Å². The minimum atomic E-state index is -1.73. The SMILES string of the molecule is COCCOC(=O)N1C[C@H](C)N(C(C)=O)C2CCC(C3CCC(S(=O)O)CC3)CC21. The Morgan fingerprint density at radius 3 is 2.30 bits per heavy atom. The fourth-order valence-corrected chi connectivity index (χ4v) is 6.57. The molecule has 1 N–H and O–H groups in total. The van der Waals surface area contributed by atoms with Crippen molar-refractivity contribution < 1.29 is 27.8 Å². The van der Waals surface area contributed by atoms with Crippen LogP contribution in [0.3, 0.4) is 0 Å². The van der Waals surface area contributed by atoms with Gasteiger partial charge in [0, 0.05) is 26.6 Å². The first kappa shape index (κ1) is 23.5. The van der Waals surface area contributed by atoms with Crippen LogP contribution >= 0.6 is 0 Å². The maximum absolute atomic E-state index is 12.8. The topological polar surface area (TPSA) is 96.4 Å². The zero-order valence-electron chi connectivity index (χ0n) is 18.3. The van der Waals surface area contributed by atoms with Gasteiger partial charge in [-0.05, 0) is 63.7 Å². The number of carbonyl (C=O) groups excluding carboxylic acids is 2. The molecule has 0 aromatic heterocycles. The third kappa shape index (κ3) is 5.16. The predicted molar refractivity (Wildman–Crippen MR) is 113 cm³/mol. The van der Waals surface area contributed by atoms with Crippen LogP contribution in [0, 0.1) is 11.8 Å². The van der Waals surface area contributed by atoms with Crippen molar-refractivity contribution in [1.82, 2.24) is 9.80 Å². The minimum Gasteiger partial charge on any atom is -0.447 e. The molecule has 0 aromatic rings. The molecule has 8 nitrogen and oxygen atoms in total. The summed E-state index contributed by atoms with van der Waals surface area (Å²) in [5, 5.41) is -0.103. The first-order chi connectivity index (χ1) is 14.3. The zero-order chi connectivity index (χ0) is 21.8. The maximum Gasteiger partial charge on any atom is 0.410 e. The van der Waals surface area contributed by atoms with E-state index in [1.54, 1.807) is 14.0 Å². The van der Waals surface area contributed by atoms with Gasteiger partial charge in [0.1, 0.15) is 6.61 Å². The number of piperazine rings is 1. The molecule has 3 fully saturated rings. The number of carbonyl (C=O) groups is 2. The molecule has 0 aromatic carbocycles. The number of hydrogen-bond donors (Lipinski definition) is 1. The van der Waals surface area contributed by atoms with Crippen LogP contribution in [0.25, 0.3) is 0 Å². The van der Waals surface area contributed by atoms with Crippen LogP contribution in [0.15, 0.2) is 0 Å². The van der Waals surface area contributed by atoms with E-state index in [-0.39, 0.29) is 42.0 Å². The molecule has 1 saturated heterocycles. The number of fused-ring (bicyclic) bond motifs is 1. The van der Waals surface area contributed by atoms with E-state index in [2.05, 4.69) is 0 Å². The molecule has 3 rings (SSSR count). The van der Waals surface area contributed by atoms with Gasteiger partial charge in [0.25, 0.3) is 0 Å². The largest absolute Gasteiger partial charge is 0.447 e. The van der Waals surface area contributed by atoms with Crippen LogP contribution in [0.2, 0.25) is 0 Å². The highest BCUT2D eigenvalue weighted by molar-refractivity contribution is 7.79. The monoisotopic (exact) mass is 444 g/mol. The Balaban J connectivity index is 1.71. The Morgan fingerprint density at radius 2 is 1.70 bits per heavy atom. The molecule has 4 unspecified atom stereocenters. The van der Waals surface area contributed by atoms with Gasteiger partial charge in [-0.3, -0.25) is 4.79 Å². The van der Waals surface area contributed by atoms with Crippen molar-refractivity contribution in [2.45, 2.75) is 82.2 Å². The second-order valence-electron chi connectivity index (χ2n) is 9.06. The number of amides is 2. The van der Waals surface area contributed by atoms with Gasteiger partial charge in [-0.1, -0.05) is 0 Å². The number of methoxy groups -OCH3 is 1. The Kier molecular flexibility index (Phi) is 8.15. The maximum atomic E-state index is 12.8. The zero-order valence-corrected chi connectivity index (χ0v) is 19.1. The molecule has 0 spiro atoms. The fraction of sp³-hybridized carbons (Fsp3) is 0.905. The molecule has 172 valence electrons. The summed E-state index contributed by atoms with van der Waals surface area (Å²) in [6.45, 7) is 4.67. The average molecular weight is 445 g/mol. The van der Waals surface area contributed by atoms with Gasteiger partial charge >= 0.3 is 6.09 Å². The molecule has 0 radical (unpaired) electrons. The lowest BCUT2D eigenvalue weighted by atomic mass is 9.69. The van der Waals surface area contributed by atoms with Gasteiger partial charge in [0.05, 0.1) is 23.9 Å². The predicted octanol–water partition coefficient (Wildman–Crippen LogP) is 2.64. The quantitative estimate of drug-likeness (QED) is 0.517. The third-order valence-electron chi connectivity index (χ3n) is 7.30. The van der Waals surface area contributed by atoms with Crippen LogP contribution in [-0.2, 0) is 25.3 Å². The molecular weight excluding hydrogens is 408 g/mol. The average Bonchev–Trinajstić information content (AvgIpc) is 2.72. The molecule has 3 aliphatic rings. The lowest BCUT2D eigenvalue weighted by Gasteiger charge is -2.54. The van der Waals surface area contributed by atoms with Crippen molar-refractivity contribution in [3.63, 3.8) is 0 Å². The number of ether oxygens (including phenoxy) is 2. The molecule has 0 bridgehead atoms. The second-order valence-corrected chi connectivity index (χ2v) is 10.3. The van der Waals surface area contributed by atoms with Gasteiger partial charge in [0.15, 0.2) is 11.1 Å². The number of hydrogen-bond acceptors (Lipinski definition) is 5. The van der Waals surface area contributed by atoms with Crippen LogP contribution < -0.4 is 0 Å². The standard InChI is InChI=1S/C21H36N2O6S/c1-14-13-22(21(25)29-11-10-28-3)20-12-17(6-9-19(20)23(14)15(2)24)16-4-7-18(8-5-16)30(26)27/h14,16-20H,4-13H2,1-3H3,(H,26,27)/t14-,16?,17?,18?,19?,20?/m0/s1. The highest BCUT2D eigenvalue weighted by Crippen LogP contribution is 2.43. The summed E-state index contributed by atoms with van der Waals surface area (Å²) in [7, 11) is 1.57. The van der Waals surface area contributed by atoms with Gasteiger partial charge < -0.3 is 23.8 Å². The van der Waals surface area contributed by atoms with Gasteiger partial charge in [-0.15, -0.1) is 0 Å². The minimum absolute atomic E-state index is 0.0266. The first-order valence-electron chi connectivity index (χ1n) is 11.1. The van der Waals surface area contributed by atoms with Gasteiger partial charge in [0.2, 0.25) is 5.91 Å². The van der Waals surface area contributed by atoms with E-state index in [1.165, 1.54) is 0 Å². The lowest BCUT2D eigenvalue weighted by Crippen LogP contribution is -2.67. The summed E-state index contributed by atoms with van der Waals surface area (Å²) < 4.78 is 31.2. The van der Waals surface area contributed by atoms with Crippen LogP contribution in [-0.4, -0.2) is 80.8 Å². The summed E-state index contributed by atoms with van der Waals surface area (Å²) >= 11 is -1.73. The van der Waals surface area contributed by atoms with Crippen molar-refractivity contribution in [1.29, 1.82) is 0 Å². The van der Waals surface area contributed by atoms with Crippen molar-refractivity contribution in [3.8, 4) is 0 Å². The normalized spacial score (nSPS) is 35.5. The third-order valence-corrected chi connectivity index (χ3v) is 8.34. The van der Waals surface area contributed by atoms with Gasteiger partial charge in [-0.2, -0.15) is 0 Å². The van der Waals surface area contributed by atoms with E-state index in [4.69, 9.17) is 9.47 Å². The van der Waals surface area contributed by atoms with Crippen LogP contribution in [0.1, 0.15) is 58.8 Å². The molecule has 9 heteroatoms. The Morgan fingerprint density at radius 1 is 1.03 bits per heavy atom. The highest BCUT2D eigenvalue weighted by Gasteiger charge is 2.48. The fourth-order valence-electron chi connectivity index (χ4n) is 5.90. The Hall–Kier alpha value is -1.19. The van der Waals surface area contributed by atoms with Crippen molar-refractivity contribution in [2.24, 2.45) is 11.8 Å². The molecular formula is C21H36N2O6S. The van der Waals surface area contributed by atoms with Crippen molar-refractivity contribution >= 4 is 23.1 Å². The van der Waals surface area contributed by atoms with E-state index in [9.17, 15) is 18.4 Å². The van der Waals surface area contributed by atoms with E-state index >= 15 is 0 Å². The smallest absolute Gasteiger partial charge is 0.410 e. The molecule has 2 saturated carbocycles. The summed E-state index contributed by atoms with van der Waals surface area (Å²) in [4.78, 5) is 29.0. The summed E-state index contributed by atoms with van der Waals surface area (Å²) in [6, 6.07) is -0.0485. The van der Waals surface area contributed by atoms with E-state index in [0.29, 0.717) is 25.0 Å². The Labute approximate surface area is 181 Å². The van der Waals surface area contributed by atoms with E-state index in [1.807, 2.05) is 16.7 Å². The number of nitrogens with zero attached hydrogens (tertiary/aromatic N) is 2. The second kappa shape index (κ2) is 10.4. The molecule has 5 atom stereocenters. The number of rotatable bonds is 5. The molecule has 1 heterocycles. The lowest BCUT2D eigenvalue weighted by molar-refractivity contribution is -0.142. The van der Waals surface area contributed by atoms with E-state index in [0.717, 1.165) is 44.9 Å². The highest BCUT2D eigenvalue weighted by atomic mass is 32.2. The molecule has 2 amide bonds. The van der Waals surface area contributed by atoms with E-state index < -0.39 is 11.1 Å². The van der Waals surface area contributed by atoms with Crippen molar-refractivity contribution in [2.75, 3.05) is 26.9 Å². The molecule has 1 aliphatic heterocycles. The van der Waals surface area contributed by atoms with Crippen LogP contribution in [0.4, 0.5) is 4.79 Å². The van der Waals surface area contributed by atoms with Gasteiger partial charge in [-0.25, -0.2) is 9.00 Å². The summed E-state index contributed by atoms with van der Waals surface area (Å²) in [6.07, 6.45) is 5.95.